The van der Waals surface area contributed by atoms with E-state index in [1.807, 2.05) is 0 Å². The van der Waals surface area contributed by atoms with Crippen LogP contribution in [0.1, 0.15) is 85.0 Å². The Hall–Kier alpha value is -0.900. The molecule has 4 saturated carbocycles. The van der Waals surface area contributed by atoms with Crippen LogP contribution in [-0.4, -0.2) is 28.1 Å². The van der Waals surface area contributed by atoms with Crippen LogP contribution in [0.15, 0.2) is 0 Å². The lowest BCUT2D eigenvalue weighted by molar-refractivity contribution is -0.167. The van der Waals surface area contributed by atoms with Crippen LogP contribution in [0.4, 0.5) is 0 Å². The topological polar surface area (TPSA) is 74.6 Å². The number of hydrogen-bond acceptors (Lipinski definition) is 3. The molecule has 0 aliphatic heterocycles. The molecule has 0 bridgehead atoms. The molecule has 4 rings (SSSR count). The summed E-state index contributed by atoms with van der Waals surface area (Å²) in [5.74, 6) is 1.87. The SMILES string of the molecule is C[C@H](CCC(=O)O)[C@H]1CC[C@H]2[C@@H]3C(=O)C[C@@H]4[C@H](O)CCC[C@]4(C)[C@H]3CC[C@]12C. The van der Waals surface area contributed by atoms with Gasteiger partial charge < -0.3 is 10.2 Å². The summed E-state index contributed by atoms with van der Waals surface area (Å²) in [5.41, 5.74) is 0.288. The molecule has 2 N–H and O–H groups in total. The van der Waals surface area contributed by atoms with Gasteiger partial charge in [-0.3, -0.25) is 9.59 Å². The van der Waals surface area contributed by atoms with Crippen molar-refractivity contribution in [3.8, 4) is 0 Å². The van der Waals surface area contributed by atoms with Gasteiger partial charge in [0.2, 0.25) is 0 Å². The highest BCUT2D eigenvalue weighted by Gasteiger charge is 2.63. The smallest absolute Gasteiger partial charge is 0.303 e. The Kier molecular flexibility index (Phi) is 5.17. The molecule has 4 aliphatic carbocycles. The third kappa shape index (κ3) is 2.97. The van der Waals surface area contributed by atoms with Gasteiger partial charge >= 0.3 is 5.97 Å². The van der Waals surface area contributed by atoms with E-state index in [9.17, 15) is 14.7 Å². The first kappa shape index (κ1) is 20.4. The molecule has 0 unspecified atom stereocenters. The van der Waals surface area contributed by atoms with Crippen molar-refractivity contribution in [3.05, 3.63) is 0 Å². The number of fused-ring (bicyclic) bond motifs is 5. The summed E-state index contributed by atoms with van der Waals surface area (Å²) in [6.45, 7) is 7.00. The molecule has 0 radical (unpaired) electrons. The number of Topliss-reactive ketones (excluding diaryl/α,β-unsaturated/α-hetero) is 1. The van der Waals surface area contributed by atoms with Crippen LogP contribution < -0.4 is 0 Å². The zero-order chi connectivity index (χ0) is 20.3. The molecule has 4 nitrogen and oxygen atoms in total. The summed E-state index contributed by atoms with van der Waals surface area (Å²) in [5, 5.41) is 19.7. The van der Waals surface area contributed by atoms with Crippen LogP contribution in [0.3, 0.4) is 0 Å². The first-order valence-electron chi connectivity index (χ1n) is 11.6. The summed E-state index contributed by atoms with van der Waals surface area (Å²) in [6.07, 6.45) is 8.89. The third-order valence-corrected chi connectivity index (χ3v) is 10.0. The van der Waals surface area contributed by atoms with Gasteiger partial charge in [-0.1, -0.05) is 27.2 Å². The molecule has 28 heavy (non-hydrogen) atoms. The van der Waals surface area contributed by atoms with Crippen molar-refractivity contribution in [3.63, 3.8) is 0 Å². The van der Waals surface area contributed by atoms with Crippen molar-refractivity contribution in [2.75, 3.05) is 0 Å². The fraction of sp³-hybridized carbons (Fsp3) is 0.917. The Morgan fingerprint density at radius 1 is 1.07 bits per heavy atom. The summed E-state index contributed by atoms with van der Waals surface area (Å²) < 4.78 is 0. The summed E-state index contributed by atoms with van der Waals surface area (Å²) in [6, 6.07) is 0. The number of ketones is 1. The van der Waals surface area contributed by atoms with E-state index in [0.717, 1.165) is 51.4 Å². The average Bonchev–Trinajstić information content (AvgIpc) is 2.98. The van der Waals surface area contributed by atoms with E-state index in [0.29, 0.717) is 35.9 Å². The van der Waals surface area contributed by atoms with Crippen LogP contribution >= 0.6 is 0 Å². The second kappa shape index (κ2) is 7.11. The molecule has 0 saturated heterocycles. The number of carbonyl (C=O) groups is 2. The maximum atomic E-state index is 13.4. The third-order valence-electron chi connectivity index (χ3n) is 10.0. The average molecular weight is 391 g/mol. The molecular weight excluding hydrogens is 352 g/mol. The van der Waals surface area contributed by atoms with Crippen LogP contribution in [-0.2, 0) is 9.59 Å². The molecule has 4 aliphatic rings. The standard InChI is InChI=1S/C24H38O4/c1-14(6-9-21(27)28)15-7-8-16-22-17(10-12-24(15,16)3)23(2)11-4-5-19(25)18(23)13-20(22)26/h14-19,22,25H,4-13H2,1-3H3,(H,27,28)/t14-,15-,16+,17+,18-,19-,22+,23-,24-/m1/s1. The molecule has 158 valence electrons. The van der Waals surface area contributed by atoms with Gasteiger partial charge in [0.05, 0.1) is 6.10 Å². The van der Waals surface area contributed by atoms with Gasteiger partial charge in [-0.2, -0.15) is 0 Å². The fourth-order valence-corrected chi connectivity index (χ4v) is 8.56. The number of carboxylic acid groups (broad SMARTS) is 1. The van der Waals surface area contributed by atoms with E-state index in [2.05, 4.69) is 20.8 Å². The minimum Gasteiger partial charge on any atom is -0.481 e. The Morgan fingerprint density at radius 3 is 2.50 bits per heavy atom. The van der Waals surface area contributed by atoms with Gasteiger partial charge in [0.15, 0.2) is 0 Å². The second-order valence-electron chi connectivity index (χ2n) is 11.1. The Morgan fingerprint density at radius 2 is 1.79 bits per heavy atom. The normalized spacial score (nSPS) is 49.1. The van der Waals surface area contributed by atoms with E-state index >= 15 is 0 Å². The first-order chi connectivity index (χ1) is 13.2. The summed E-state index contributed by atoms with van der Waals surface area (Å²) in [4.78, 5) is 24.4. The van der Waals surface area contributed by atoms with Crippen LogP contribution in [0.5, 0.6) is 0 Å². The van der Waals surface area contributed by atoms with Crippen LogP contribution in [0, 0.1) is 46.3 Å². The van der Waals surface area contributed by atoms with Crippen molar-refractivity contribution in [2.24, 2.45) is 46.3 Å². The Balaban J connectivity index is 1.58. The number of carboxylic acids is 1. The van der Waals surface area contributed by atoms with E-state index in [4.69, 9.17) is 5.11 Å². The molecule has 4 heteroatoms. The van der Waals surface area contributed by atoms with Crippen molar-refractivity contribution >= 4 is 11.8 Å². The lowest BCUT2D eigenvalue weighted by Crippen LogP contribution is -2.58. The number of carbonyl (C=O) groups excluding carboxylic acids is 1. The number of aliphatic hydroxyl groups is 1. The van der Waals surface area contributed by atoms with Gasteiger partial charge in [0.1, 0.15) is 5.78 Å². The van der Waals surface area contributed by atoms with Gasteiger partial charge in [-0.15, -0.1) is 0 Å². The van der Waals surface area contributed by atoms with Crippen LogP contribution in [0.2, 0.25) is 0 Å². The molecule has 0 aromatic carbocycles. The maximum absolute atomic E-state index is 13.4. The van der Waals surface area contributed by atoms with Gasteiger partial charge in [0.25, 0.3) is 0 Å². The molecule has 0 aromatic rings. The van der Waals surface area contributed by atoms with Gasteiger partial charge in [0, 0.05) is 18.8 Å². The van der Waals surface area contributed by atoms with E-state index in [1.54, 1.807) is 0 Å². The monoisotopic (exact) mass is 390 g/mol. The summed E-state index contributed by atoms with van der Waals surface area (Å²) in [7, 11) is 0. The minimum atomic E-state index is -0.701. The molecular formula is C24H38O4. The molecule has 0 aromatic heterocycles. The highest BCUT2D eigenvalue weighted by atomic mass is 16.4. The molecule has 0 heterocycles. The van der Waals surface area contributed by atoms with E-state index < -0.39 is 5.97 Å². The highest BCUT2D eigenvalue weighted by molar-refractivity contribution is 5.83. The van der Waals surface area contributed by atoms with E-state index in [1.165, 1.54) is 0 Å². The minimum absolute atomic E-state index is 0.116. The molecule has 9 atom stereocenters. The highest BCUT2D eigenvalue weighted by Crippen LogP contribution is 2.67. The van der Waals surface area contributed by atoms with E-state index in [-0.39, 0.29) is 35.2 Å². The predicted molar refractivity (Wildman–Crippen MR) is 108 cm³/mol. The van der Waals surface area contributed by atoms with Crippen molar-refractivity contribution in [2.45, 2.75) is 91.1 Å². The number of aliphatic hydroxyl groups excluding tert-OH is 1. The van der Waals surface area contributed by atoms with Gasteiger partial charge in [-0.05, 0) is 85.4 Å². The molecule has 0 amide bonds. The van der Waals surface area contributed by atoms with Gasteiger partial charge in [-0.25, -0.2) is 0 Å². The number of aliphatic carboxylic acids is 1. The zero-order valence-corrected chi connectivity index (χ0v) is 17.8. The van der Waals surface area contributed by atoms with Crippen molar-refractivity contribution in [1.82, 2.24) is 0 Å². The van der Waals surface area contributed by atoms with Crippen molar-refractivity contribution < 1.29 is 19.8 Å². The van der Waals surface area contributed by atoms with Crippen molar-refractivity contribution in [1.29, 1.82) is 0 Å². The molecule has 4 fully saturated rings. The Bertz CT molecular complexity index is 645. The molecule has 0 spiro atoms. The quantitative estimate of drug-likeness (QED) is 0.730. The maximum Gasteiger partial charge on any atom is 0.303 e. The second-order valence-corrected chi connectivity index (χ2v) is 11.1. The largest absolute Gasteiger partial charge is 0.481 e. The zero-order valence-electron chi connectivity index (χ0n) is 17.8. The first-order valence-corrected chi connectivity index (χ1v) is 11.6. The fourth-order valence-electron chi connectivity index (χ4n) is 8.56. The lowest BCUT2D eigenvalue weighted by atomic mass is 9.44. The summed E-state index contributed by atoms with van der Waals surface area (Å²) >= 11 is 0. The predicted octanol–water partition coefficient (Wildman–Crippen LogP) is 4.69. The Labute approximate surface area is 169 Å². The lowest BCUT2D eigenvalue weighted by Gasteiger charge is -2.60. The number of hydrogen-bond donors (Lipinski definition) is 2. The van der Waals surface area contributed by atoms with Crippen LogP contribution in [0.25, 0.3) is 0 Å². The number of rotatable bonds is 4.